The highest BCUT2D eigenvalue weighted by molar-refractivity contribution is 6.30. The number of carbonyl (C=O) groups excluding carboxylic acids is 1. The van der Waals surface area contributed by atoms with Crippen LogP contribution in [0.5, 0.6) is 5.75 Å². The fourth-order valence-electron chi connectivity index (χ4n) is 2.93. The van der Waals surface area contributed by atoms with Gasteiger partial charge in [0.1, 0.15) is 29.8 Å². The molecule has 0 saturated carbocycles. The highest BCUT2D eigenvalue weighted by atomic mass is 35.5. The number of nitrogens with zero attached hydrogens (tertiary/aromatic N) is 1. The average molecular weight is 435 g/mol. The van der Waals surface area contributed by atoms with Gasteiger partial charge < -0.3 is 10.1 Å². The number of carbonyl (C=O) groups is 1. The molecule has 0 atom stereocenters. The Balaban J connectivity index is 1.85. The summed E-state index contributed by atoms with van der Waals surface area (Å²) in [4.78, 5) is 12.7. The third-order valence-electron chi connectivity index (χ3n) is 4.77. The van der Waals surface area contributed by atoms with Crippen molar-refractivity contribution in [2.75, 3.05) is 5.32 Å². The Bertz CT molecular complexity index is 1200. The van der Waals surface area contributed by atoms with Crippen molar-refractivity contribution in [3.63, 3.8) is 0 Å². The zero-order chi connectivity index (χ0) is 22.4. The zero-order valence-corrected chi connectivity index (χ0v) is 17.8. The molecule has 3 aromatic rings. The predicted octanol–water partition coefficient (Wildman–Crippen LogP) is 6.22. The Morgan fingerprint density at radius 3 is 2.68 bits per heavy atom. The Hall–Kier alpha value is -3.62. The summed E-state index contributed by atoms with van der Waals surface area (Å²) >= 11 is 6.11. The minimum Gasteiger partial charge on any atom is -0.488 e. The van der Waals surface area contributed by atoms with E-state index >= 15 is 0 Å². The molecule has 0 aliphatic carbocycles. The summed E-state index contributed by atoms with van der Waals surface area (Å²) in [6, 6.07) is 18.5. The molecule has 4 nitrogen and oxygen atoms in total. The van der Waals surface area contributed by atoms with Gasteiger partial charge in [-0.15, -0.1) is 0 Å². The number of hydrogen-bond acceptors (Lipinski definition) is 3. The molecule has 0 unspecified atom stereocenters. The number of amides is 1. The van der Waals surface area contributed by atoms with Gasteiger partial charge in [-0.3, -0.25) is 4.79 Å². The molecule has 156 valence electrons. The predicted molar refractivity (Wildman–Crippen MR) is 120 cm³/mol. The van der Waals surface area contributed by atoms with Crippen LogP contribution in [0.15, 0.2) is 66.2 Å². The Morgan fingerprint density at radius 1 is 1.16 bits per heavy atom. The molecule has 1 N–H and O–H groups in total. The summed E-state index contributed by atoms with van der Waals surface area (Å²) in [5.41, 5.74) is 3.62. The number of benzene rings is 3. The molecule has 31 heavy (non-hydrogen) atoms. The Kier molecular flexibility index (Phi) is 7.07. The van der Waals surface area contributed by atoms with Gasteiger partial charge in [0, 0.05) is 16.3 Å². The van der Waals surface area contributed by atoms with Crippen molar-refractivity contribution in [1.82, 2.24) is 0 Å². The second kappa shape index (κ2) is 9.92. The molecule has 0 aliphatic rings. The lowest BCUT2D eigenvalue weighted by molar-refractivity contribution is -0.112. The molecule has 0 radical (unpaired) electrons. The maximum atomic E-state index is 13.4. The lowest BCUT2D eigenvalue weighted by Gasteiger charge is -2.12. The second-order valence-corrected chi connectivity index (χ2v) is 7.41. The topological polar surface area (TPSA) is 62.1 Å². The van der Waals surface area contributed by atoms with E-state index in [9.17, 15) is 14.4 Å². The number of anilines is 1. The SMILES string of the molecule is Cc1cccc(NC(=O)/C(C#N)=C/c2cc(Cl)ccc2OCc2cccc(F)c2)c1C. The number of nitriles is 1. The molecule has 6 heteroatoms. The molecular formula is C25H20ClFN2O2. The van der Waals surface area contributed by atoms with E-state index in [0.717, 1.165) is 11.1 Å². The van der Waals surface area contributed by atoms with Crippen LogP contribution in [-0.4, -0.2) is 5.91 Å². The van der Waals surface area contributed by atoms with Crippen molar-refractivity contribution < 1.29 is 13.9 Å². The van der Waals surface area contributed by atoms with Crippen LogP contribution in [0.3, 0.4) is 0 Å². The number of halogens is 2. The van der Waals surface area contributed by atoms with Gasteiger partial charge in [-0.05, 0) is 73.0 Å². The van der Waals surface area contributed by atoms with Crippen molar-refractivity contribution in [3.8, 4) is 11.8 Å². The van der Waals surface area contributed by atoms with E-state index in [1.54, 1.807) is 36.4 Å². The van der Waals surface area contributed by atoms with Crippen molar-refractivity contribution in [2.45, 2.75) is 20.5 Å². The van der Waals surface area contributed by atoms with Gasteiger partial charge >= 0.3 is 0 Å². The van der Waals surface area contributed by atoms with Crippen LogP contribution in [0.1, 0.15) is 22.3 Å². The van der Waals surface area contributed by atoms with Gasteiger partial charge in [0.2, 0.25) is 0 Å². The van der Waals surface area contributed by atoms with Crippen LogP contribution in [0, 0.1) is 31.0 Å². The molecule has 0 fully saturated rings. The molecule has 3 rings (SSSR count). The van der Waals surface area contributed by atoms with Gasteiger partial charge in [0.15, 0.2) is 0 Å². The van der Waals surface area contributed by atoms with Crippen LogP contribution in [0.25, 0.3) is 6.08 Å². The summed E-state index contributed by atoms with van der Waals surface area (Å²) < 4.78 is 19.2. The molecule has 0 aromatic heterocycles. The normalized spacial score (nSPS) is 11.0. The number of aryl methyl sites for hydroxylation is 1. The van der Waals surface area contributed by atoms with E-state index in [0.29, 0.717) is 27.6 Å². The van der Waals surface area contributed by atoms with Crippen LogP contribution in [0.4, 0.5) is 10.1 Å². The smallest absolute Gasteiger partial charge is 0.266 e. The van der Waals surface area contributed by atoms with E-state index in [2.05, 4.69) is 5.32 Å². The molecular weight excluding hydrogens is 415 g/mol. The van der Waals surface area contributed by atoms with Gasteiger partial charge in [-0.25, -0.2) is 4.39 Å². The molecule has 0 heterocycles. The standard InChI is InChI=1S/C25H20ClFN2O2/c1-16-5-3-8-23(17(16)2)29-25(30)20(14-28)12-19-13-21(26)9-10-24(19)31-15-18-6-4-7-22(27)11-18/h3-13H,15H2,1-2H3,(H,29,30)/b20-12+. The highest BCUT2D eigenvalue weighted by Gasteiger charge is 2.13. The number of hydrogen-bond donors (Lipinski definition) is 1. The summed E-state index contributed by atoms with van der Waals surface area (Å²) in [6.07, 6.45) is 1.42. The summed E-state index contributed by atoms with van der Waals surface area (Å²) in [6.45, 7) is 3.97. The monoisotopic (exact) mass is 434 g/mol. The number of ether oxygens (including phenoxy) is 1. The third-order valence-corrected chi connectivity index (χ3v) is 5.01. The summed E-state index contributed by atoms with van der Waals surface area (Å²) in [5.74, 6) is -0.472. The average Bonchev–Trinajstić information content (AvgIpc) is 2.74. The first-order valence-electron chi connectivity index (χ1n) is 9.53. The van der Waals surface area contributed by atoms with Crippen LogP contribution >= 0.6 is 11.6 Å². The Morgan fingerprint density at radius 2 is 1.94 bits per heavy atom. The van der Waals surface area contributed by atoms with E-state index in [1.165, 1.54) is 18.2 Å². The molecule has 0 saturated heterocycles. The van der Waals surface area contributed by atoms with Crippen LogP contribution in [-0.2, 0) is 11.4 Å². The van der Waals surface area contributed by atoms with Crippen LogP contribution < -0.4 is 10.1 Å². The molecule has 0 aliphatic heterocycles. The first-order chi connectivity index (χ1) is 14.9. The molecule has 0 spiro atoms. The van der Waals surface area contributed by atoms with Gasteiger partial charge in [-0.1, -0.05) is 35.9 Å². The van der Waals surface area contributed by atoms with Gasteiger partial charge in [0.05, 0.1) is 0 Å². The minimum absolute atomic E-state index is 0.0984. The minimum atomic E-state index is -0.535. The van der Waals surface area contributed by atoms with Gasteiger partial charge in [0.25, 0.3) is 5.91 Å². The quantitative estimate of drug-likeness (QED) is 0.370. The maximum absolute atomic E-state index is 13.4. The molecule has 3 aromatic carbocycles. The first-order valence-corrected chi connectivity index (χ1v) is 9.91. The lowest BCUT2D eigenvalue weighted by Crippen LogP contribution is -2.14. The van der Waals surface area contributed by atoms with Crippen molar-refractivity contribution in [2.24, 2.45) is 0 Å². The molecule has 0 bridgehead atoms. The fourth-order valence-corrected chi connectivity index (χ4v) is 3.11. The van der Waals surface area contributed by atoms with Gasteiger partial charge in [-0.2, -0.15) is 5.26 Å². The number of rotatable bonds is 6. The third kappa shape index (κ3) is 5.71. The van der Waals surface area contributed by atoms with E-state index in [1.807, 2.05) is 32.0 Å². The highest BCUT2D eigenvalue weighted by Crippen LogP contribution is 2.27. The summed E-state index contributed by atoms with van der Waals surface area (Å²) in [5, 5.41) is 12.8. The summed E-state index contributed by atoms with van der Waals surface area (Å²) in [7, 11) is 0. The molecule has 1 amide bonds. The first kappa shape index (κ1) is 22.1. The largest absolute Gasteiger partial charge is 0.488 e. The van der Waals surface area contributed by atoms with Crippen molar-refractivity contribution in [3.05, 3.63) is 99.3 Å². The fraction of sp³-hybridized carbons (Fsp3) is 0.120. The van der Waals surface area contributed by atoms with Crippen molar-refractivity contribution in [1.29, 1.82) is 5.26 Å². The zero-order valence-electron chi connectivity index (χ0n) is 17.1. The van der Waals surface area contributed by atoms with E-state index in [4.69, 9.17) is 16.3 Å². The van der Waals surface area contributed by atoms with E-state index in [-0.39, 0.29) is 18.0 Å². The number of nitrogens with one attached hydrogen (secondary N) is 1. The van der Waals surface area contributed by atoms with Crippen molar-refractivity contribution >= 4 is 29.3 Å². The lowest BCUT2D eigenvalue weighted by atomic mass is 10.1. The van der Waals surface area contributed by atoms with Crippen LogP contribution in [0.2, 0.25) is 5.02 Å². The van der Waals surface area contributed by atoms with E-state index < -0.39 is 5.91 Å². The second-order valence-electron chi connectivity index (χ2n) is 6.97. The maximum Gasteiger partial charge on any atom is 0.266 e. The Labute approximate surface area is 185 Å².